The lowest BCUT2D eigenvalue weighted by molar-refractivity contribution is 0.549. The van der Waals surface area contributed by atoms with E-state index in [0.717, 1.165) is 18.0 Å². The van der Waals surface area contributed by atoms with Crippen LogP contribution in [-0.4, -0.2) is 6.54 Å². The van der Waals surface area contributed by atoms with Crippen LogP contribution >= 0.6 is 11.6 Å². The number of nitrogens with one attached hydrogen (secondary N) is 1. The van der Waals surface area contributed by atoms with E-state index in [4.69, 9.17) is 11.6 Å². The third-order valence-corrected chi connectivity index (χ3v) is 3.66. The Hall–Kier alpha value is -1.31. The molecule has 1 atom stereocenters. The maximum atomic E-state index is 6.19. The molecule has 0 fully saturated rings. The van der Waals surface area contributed by atoms with Crippen LogP contribution < -0.4 is 5.32 Å². The Kier molecular flexibility index (Phi) is 5.22. The maximum absolute atomic E-state index is 6.19. The molecule has 1 N–H and O–H groups in total. The van der Waals surface area contributed by atoms with Gasteiger partial charge < -0.3 is 5.32 Å². The molecule has 0 aliphatic carbocycles. The molecular weight excluding hydrogens is 266 g/mol. The summed E-state index contributed by atoms with van der Waals surface area (Å²) in [6.45, 7) is 7.31. The molecule has 20 heavy (non-hydrogen) atoms. The van der Waals surface area contributed by atoms with Crippen molar-refractivity contribution in [1.82, 2.24) is 5.32 Å². The Labute approximate surface area is 127 Å². The summed E-state index contributed by atoms with van der Waals surface area (Å²) in [5, 5.41) is 4.37. The fourth-order valence-electron chi connectivity index (χ4n) is 2.59. The second-order valence-corrected chi connectivity index (χ2v) is 5.80. The third kappa shape index (κ3) is 4.09. The van der Waals surface area contributed by atoms with Crippen LogP contribution in [0.3, 0.4) is 0 Å². The first-order valence-electron chi connectivity index (χ1n) is 7.14. The van der Waals surface area contributed by atoms with Crippen LogP contribution in [0.25, 0.3) is 0 Å². The van der Waals surface area contributed by atoms with Gasteiger partial charge in [0.05, 0.1) is 0 Å². The van der Waals surface area contributed by atoms with Gasteiger partial charge in [-0.2, -0.15) is 0 Å². The van der Waals surface area contributed by atoms with Gasteiger partial charge >= 0.3 is 0 Å². The van der Waals surface area contributed by atoms with Crippen LogP contribution in [0.5, 0.6) is 0 Å². The van der Waals surface area contributed by atoms with Gasteiger partial charge in [-0.25, -0.2) is 0 Å². The molecule has 2 rings (SSSR count). The molecule has 0 aliphatic heterocycles. The fourth-order valence-corrected chi connectivity index (χ4v) is 2.89. The molecule has 106 valence electrons. The van der Waals surface area contributed by atoms with Crippen molar-refractivity contribution < 1.29 is 0 Å². The number of benzene rings is 2. The predicted molar refractivity (Wildman–Crippen MR) is 87.5 cm³/mol. The lowest BCUT2D eigenvalue weighted by Gasteiger charge is -2.19. The van der Waals surface area contributed by atoms with E-state index in [2.05, 4.69) is 62.5 Å². The van der Waals surface area contributed by atoms with Crippen LogP contribution in [0.15, 0.2) is 42.5 Å². The van der Waals surface area contributed by atoms with Crippen molar-refractivity contribution in [2.75, 3.05) is 6.54 Å². The molecule has 0 aliphatic rings. The molecule has 2 heteroatoms. The summed E-state index contributed by atoms with van der Waals surface area (Å²) in [6.07, 6.45) is 0.981. The Balaban J connectivity index is 2.26. The first kappa shape index (κ1) is 15.1. The molecule has 0 saturated heterocycles. The van der Waals surface area contributed by atoms with Crippen LogP contribution in [0, 0.1) is 13.8 Å². The van der Waals surface area contributed by atoms with E-state index < -0.39 is 0 Å². The molecule has 0 spiro atoms. The topological polar surface area (TPSA) is 12.0 Å². The predicted octanol–water partition coefficient (Wildman–Crippen LogP) is 4.85. The Bertz CT molecular complexity index is 557. The number of aryl methyl sites for hydroxylation is 2. The minimum atomic E-state index is 0.305. The largest absolute Gasteiger partial charge is 0.310 e. The number of rotatable bonds is 5. The molecule has 2 aromatic carbocycles. The number of likely N-dealkylation sites (N-methyl/N-ethyl adjacent to an activating group) is 1. The van der Waals surface area contributed by atoms with Crippen molar-refractivity contribution in [2.24, 2.45) is 0 Å². The highest BCUT2D eigenvalue weighted by Crippen LogP contribution is 2.23. The molecule has 2 aromatic rings. The van der Waals surface area contributed by atoms with Crippen LogP contribution in [0.4, 0.5) is 0 Å². The highest BCUT2D eigenvalue weighted by atomic mass is 35.5. The molecule has 0 aromatic heterocycles. The second-order valence-electron chi connectivity index (χ2n) is 5.37. The van der Waals surface area contributed by atoms with E-state index in [1.54, 1.807) is 0 Å². The first-order chi connectivity index (χ1) is 9.58. The molecule has 1 nitrogen and oxygen atoms in total. The van der Waals surface area contributed by atoms with E-state index in [1.165, 1.54) is 22.3 Å². The minimum absolute atomic E-state index is 0.305. The van der Waals surface area contributed by atoms with Crippen molar-refractivity contribution in [3.05, 3.63) is 69.7 Å². The van der Waals surface area contributed by atoms with Gasteiger partial charge in [0, 0.05) is 11.1 Å². The van der Waals surface area contributed by atoms with Crippen LogP contribution in [0.2, 0.25) is 5.02 Å². The van der Waals surface area contributed by atoms with Gasteiger partial charge in [0.25, 0.3) is 0 Å². The van der Waals surface area contributed by atoms with E-state index in [-0.39, 0.29) is 0 Å². The van der Waals surface area contributed by atoms with E-state index >= 15 is 0 Å². The van der Waals surface area contributed by atoms with E-state index in [0.29, 0.717) is 6.04 Å². The monoisotopic (exact) mass is 287 g/mol. The number of hydrogen-bond acceptors (Lipinski definition) is 1. The standard InChI is InChI=1S/C18H22ClN/c1-4-20-18(11-15-7-5-6-13(2)8-15)16-9-14(3)10-17(19)12-16/h5-10,12,18,20H,4,11H2,1-3H3. The molecule has 0 radical (unpaired) electrons. The Morgan fingerprint density at radius 3 is 2.50 bits per heavy atom. The molecule has 1 unspecified atom stereocenters. The minimum Gasteiger partial charge on any atom is -0.310 e. The van der Waals surface area contributed by atoms with Crippen molar-refractivity contribution in [1.29, 1.82) is 0 Å². The van der Waals surface area contributed by atoms with Crippen molar-refractivity contribution in [3.63, 3.8) is 0 Å². The summed E-state index contributed by atoms with van der Waals surface area (Å²) >= 11 is 6.19. The summed E-state index contributed by atoms with van der Waals surface area (Å²) in [5.74, 6) is 0. The van der Waals surface area contributed by atoms with Crippen LogP contribution in [-0.2, 0) is 6.42 Å². The lowest BCUT2D eigenvalue weighted by Crippen LogP contribution is -2.23. The summed E-state index contributed by atoms with van der Waals surface area (Å²) in [7, 11) is 0. The van der Waals surface area contributed by atoms with Gasteiger partial charge in [-0.05, 0) is 55.6 Å². The molecule has 0 amide bonds. The average Bonchev–Trinajstić information content (AvgIpc) is 2.37. The summed E-state index contributed by atoms with van der Waals surface area (Å²) < 4.78 is 0. The normalized spacial score (nSPS) is 12.4. The van der Waals surface area contributed by atoms with Crippen molar-refractivity contribution >= 4 is 11.6 Å². The van der Waals surface area contributed by atoms with Gasteiger partial charge in [0.1, 0.15) is 0 Å². The number of hydrogen-bond donors (Lipinski definition) is 1. The Morgan fingerprint density at radius 2 is 1.85 bits per heavy atom. The molecule has 0 bridgehead atoms. The van der Waals surface area contributed by atoms with Crippen molar-refractivity contribution in [3.8, 4) is 0 Å². The van der Waals surface area contributed by atoms with E-state index in [9.17, 15) is 0 Å². The molecular formula is C18H22ClN. The Morgan fingerprint density at radius 1 is 1.05 bits per heavy atom. The molecule has 0 heterocycles. The maximum Gasteiger partial charge on any atom is 0.0411 e. The fraction of sp³-hybridized carbons (Fsp3) is 0.333. The zero-order valence-corrected chi connectivity index (χ0v) is 13.2. The summed E-state index contributed by atoms with van der Waals surface area (Å²) in [6, 6.07) is 15.3. The van der Waals surface area contributed by atoms with Gasteiger partial charge in [-0.3, -0.25) is 0 Å². The lowest BCUT2D eigenvalue weighted by atomic mass is 9.96. The highest BCUT2D eigenvalue weighted by Gasteiger charge is 2.12. The van der Waals surface area contributed by atoms with E-state index in [1.807, 2.05) is 6.07 Å². The zero-order chi connectivity index (χ0) is 14.5. The number of halogens is 1. The SMILES string of the molecule is CCNC(Cc1cccc(C)c1)c1cc(C)cc(Cl)c1. The smallest absolute Gasteiger partial charge is 0.0411 e. The van der Waals surface area contributed by atoms with Crippen LogP contribution in [0.1, 0.15) is 35.2 Å². The van der Waals surface area contributed by atoms with Crippen molar-refractivity contribution in [2.45, 2.75) is 33.2 Å². The highest BCUT2D eigenvalue weighted by molar-refractivity contribution is 6.30. The zero-order valence-electron chi connectivity index (χ0n) is 12.4. The summed E-state index contributed by atoms with van der Waals surface area (Å²) in [5.41, 5.74) is 5.13. The summed E-state index contributed by atoms with van der Waals surface area (Å²) in [4.78, 5) is 0. The molecule has 0 saturated carbocycles. The first-order valence-corrected chi connectivity index (χ1v) is 7.52. The quantitative estimate of drug-likeness (QED) is 0.829. The average molecular weight is 288 g/mol. The van der Waals surface area contributed by atoms with Gasteiger partial charge in [0.15, 0.2) is 0 Å². The van der Waals surface area contributed by atoms with Gasteiger partial charge in [-0.15, -0.1) is 0 Å². The second kappa shape index (κ2) is 6.92. The third-order valence-electron chi connectivity index (χ3n) is 3.44. The van der Waals surface area contributed by atoms with Gasteiger partial charge in [0.2, 0.25) is 0 Å². The van der Waals surface area contributed by atoms with Gasteiger partial charge in [-0.1, -0.05) is 54.4 Å².